The Morgan fingerprint density at radius 1 is 1.17 bits per heavy atom. The van der Waals surface area contributed by atoms with Gasteiger partial charge in [-0.3, -0.25) is 14.9 Å². The molecule has 1 atom stereocenters. The van der Waals surface area contributed by atoms with Gasteiger partial charge >= 0.3 is 0 Å². The van der Waals surface area contributed by atoms with Crippen LogP contribution in [0.3, 0.4) is 0 Å². The van der Waals surface area contributed by atoms with Gasteiger partial charge in [-0.15, -0.1) is 11.3 Å². The Morgan fingerprint density at radius 3 is 2.52 bits per heavy atom. The second-order valence-corrected chi connectivity index (χ2v) is 7.61. The fourth-order valence-corrected chi connectivity index (χ4v) is 4.06. The number of nitrogens with one attached hydrogen (secondary N) is 1. The number of rotatable bonds is 9. The van der Waals surface area contributed by atoms with E-state index < -0.39 is 4.92 Å². The molecule has 0 unspecified atom stereocenters. The predicted octanol–water partition coefficient (Wildman–Crippen LogP) is 4.49. The highest BCUT2D eigenvalue weighted by Gasteiger charge is 2.20. The number of aryl methyl sites for hydroxylation is 2. The molecule has 1 heterocycles. The van der Waals surface area contributed by atoms with Crippen molar-refractivity contribution in [3.8, 4) is 0 Å². The van der Waals surface area contributed by atoms with E-state index in [0.717, 1.165) is 28.2 Å². The highest BCUT2D eigenvalue weighted by atomic mass is 32.1. The van der Waals surface area contributed by atoms with E-state index in [1.54, 1.807) is 23.5 Å². The van der Waals surface area contributed by atoms with Crippen molar-refractivity contribution >= 4 is 22.9 Å². The summed E-state index contributed by atoms with van der Waals surface area (Å²) in [4.78, 5) is 27.6. The van der Waals surface area contributed by atoms with Crippen LogP contribution in [0, 0.1) is 10.1 Å². The smallest absolute Gasteiger partial charge is 0.269 e. The Balaban J connectivity index is 1.69. The van der Waals surface area contributed by atoms with Crippen LogP contribution in [-0.4, -0.2) is 22.4 Å². The zero-order chi connectivity index (χ0) is 20.6. The van der Waals surface area contributed by atoms with E-state index in [2.05, 4.69) is 10.3 Å². The molecule has 0 radical (unpaired) electrons. The van der Waals surface area contributed by atoms with Crippen LogP contribution in [0.1, 0.15) is 41.1 Å². The van der Waals surface area contributed by atoms with Gasteiger partial charge in [0.15, 0.2) is 0 Å². The van der Waals surface area contributed by atoms with Gasteiger partial charge in [-0.25, -0.2) is 4.98 Å². The van der Waals surface area contributed by atoms with Crippen LogP contribution in [0.4, 0.5) is 5.69 Å². The quantitative estimate of drug-likeness (QED) is 0.417. The largest absolute Gasteiger partial charge is 0.355 e. The number of non-ortho nitro benzene ring substituents is 1. The van der Waals surface area contributed by atoms with Crippen LogP contribution in [-0.2, 0) is 17.6 Å². The number of hydrogen-bond donors (Lipinski definition) is 1. The Labute approximate surface area is 173 Å². The van der Waals surface area contributed by atoms with E-state index in [9.17, 15) is 14.9 Å². The maximum atomic E-state index is 12.4. The average Bonchev–Trinajstić information content (AvgIpc) is 3.22. The highest BCUT2D eigenvalue weighted by Crippen LogP contribution is 2.28. The lowest BCUT2D eigenvalue weighted by molar-refractivity contribution is -0.384. The molecule has 0 bridgehead atoms. The van der Waals surface area contributed by atoms with Gasteiger partial charge in [0, 0.05) is 30.5 Å². The van der Waals surface area contributed by atoms with Crippen LogP contribution in [0.15, 0.2) is 60.0 Å². The van der Waals surface area contributed by atoms with Gasteiger partial charge in [0.25, 0.3) is 5.69 Å². The van der Waals surface area contributed by atoms with Crippen LogP contribution in [0.25, 0.3) is 0 Å². The summed E-state index contributed by atoms with van der Waals surface area (Å²) in [5, 5.41) is 16.9. The number of hydrogen-bond acceptors (Lipinski definition) is 5. The molecule has 1 N–H and O–H groups in total. The molecular weight excluding hydrogens is 386 g/mol. The van der Waals surface area contributed by atoms with E-state index in [0.29, 0.717) is 19.4 Å². The average molecular weight is 410 g/mol. The SMILES string of the molecule is CCc1csc([C@@H](CNC(=O)CCc2ccccc2)c2ccc([N+](=O)[O-])cc2)n1. The predicted molar refractivity (Wildman–Crippen MR) is 114 cm³/mol. The molecule has 0 aliphatic rings. The second-order valence-electron chi connectivity index (χ2n) is 6.72. The van der Waals surface area contributed by atoms with Crippen molar-refractivity contribution in [2.45, 2.75) is 32.1 Å². The van der Waals surface area contributed by atoms with Crippen molar-refractivity contribution < 1.29 is 9.72 Å². The van der Waals surface area contributed by atoms with Gasteiger partial charge in [0.2, 0.25) is 5.91 Å². The first-order chi connectivity index (χ1) is 14.1. The van der Waals surface area contributed by atoms with E-state index >= 15 is 0 Å². The zero-order valence-corrected chi connectivity index (χ0v) is 17.0. The summed E-state index contributed by atoms with van der Waals surface area (Å²) in [5.41, 5.74) is 3.08. The molecule has 2 aromatic carbocycles. The minimum atomic E-state index is -0.414. The van der Waals surface area contributed by atoms with Gasteiger partial charge in [0.1, 0.15) is 5.01 Å². The molecule has 0 aliphatic carbocycles. The Kier molecular flexibility index (Phi) is 7.08. The first kappa shape index (κ1) is 20.7. The molecule has 1 amide bonds. The number of amides is 1. The van der Waals surface area contributed by atoms with Crippen molar-refractivity contribution in [2.75, 3.05) is 6.54 Å². The van der Waals surface area contributed by atoms with Crippen LogP contribution in [0.5, 0.6) is 0 Å². The minimum Gasteiger partial charge on any atom is -0.355 e. The number of carbonyl (C=O) groups excluding carboxylic acids is 1. The van der Waals surface area contributed by atoms with Crippen molar-refractivity contribution in [3.63, 3.8) is 0 Å². The second kappa shape index (κ2) is 9.93. The lowest BCUT2D eigenvalue weighted by atomic mass is 9.99. The third kappa shape index (κ3) is 5.71. The highest BCUT2D eigenvalue weighted by molar-refractivity contribution is 7.09. The fraction of sp³-hybridized carbons (Fsp3) is 0.273. The van der Waals surface area contributed by atoms with Gasteiger partial charge in [-0.2, -0.15) is 0 Å². The lowest BCUT2D eigenvalue weighted by Gasteiger charge is -2.16. The molecule has 0 fully saturated rings. The Hall–Kier alpha value is -3.06. The molecule has 29 heavy (non-hydrogen) atoms. The van der Waals surface area contributed by atoms with Gasteiger partial charge in [0.05, 0.1) is 16.5 Å². The number of nitro groups is 1. The van der Waals surface area contributed by atoms with Gasteiger partial charge in [-0.05, 0) is 24.0 Å². The summed E-state index contributed by atoms with van der Waals surface area (Å²) in [6, 6.07) is 16.4. The van der Waals surface area contributed by atoms with E-state index in [-0.39, 0.29) is 17.5 Å². The Morgan fingerprint density at radius 2 is 1.90 bits per heavy atom. The number of nitro benzene ring substituents is 1. The van der Waals surface area contributed by atoms with E-state index in [1.165, 1.54) is 12.1 Å². The summed E-state index contributed by atoms with van der Waals surface area (Å²) in [7, 11) is 0. The molecule has 0 saturated heterocycles. The van der Waals surface area contributed by atoms with Crippen LogP contribution >= 0.6 is 11.3 Å². The molecule has 0 saturated carbocycles. The maximum absolute atomic E-state index is 12.4. The summed E-state index contributed by atoms with van der Waals surface area (Å²) >= 11 is 1.55. The molecule has 7 heteroatoms. The van der Waals surface area contributed by atoms with E-state index in [1.807, 2.05) is 42.6 Å². The van der Waals surface area contributed by atoms with Crippen molar-refractivity contribution in [1.82, 2.24) is 10.3 Å². The van der Waals surface area contributed by atoms with Gasteiger partial charge < -0.3 is 5.32 Å². The lowest BCUT2D eigenvalue weighted by Crippen LogP contribution is -2.29. The summed E-state index contributed by atoms with van der Waals surface area (Å²) < 4.78 is 0. The van der Waals surface area contributed by atoms with Gasteiger partial charge in [-0.1, -0.05) is 49.4 Å². The number of aromatic nitrogens is 1. The number of nitrogens with zero attached hydrogens (tertiary/aromatic N) is 2. The monoisotopic (exact) mass is 409 g/mol. The molecule has 3 rings (SSSR count). The van der Waals surface area contributed by atoms with Crippen molar-refractivity contribution in [2.24, 2.45) is 0 Å². The summed E-state index contributed by atoms with van der Waals surface area (Å²) in [6.07, 6.45) is 1.94. The Bertz CT molecular complexity index is 955. The number of thiazole rings is 1. The molecule has 1 aromatic heterocycles. The standard InChI is InChI=1S/C22H23N3O3S/c1-2-18-15-29-22(24-18)20(17-9-11-19(12-10-17)25(27)28)14-23-21(26)13-8-16-6-4-3-5-7-16/h3-7,9-12,15,20H,2,8,13-14H2,1H3,(H,23,26)/t20-/m0/s1. The molecule has 3 aromatic rings. The topological polar surface area (TPSA) is 85.1 Å². The molecule has 0 aliphatic heterocycles. The molecule has 0 spiro atoms. The van der Waals surface area contributed by atoms with Crippen molar-refractivity contribution in [1.29, 1.82) is 0 Å². The molecule has 150 valence electrons. The third-order valence-corrected chi connectivity index (χ3v) is 5.73. The minimum absolute atomic E-state index is 0.0203. The zero-order valence-electron chi connectivity index (χ0n) is 16.2. The molecular formula is C22H23N3O3S. The summed E-state index contributed by atoms with van der Waals surface area (Å²) in [5.74, 6) is -0.158. The molecule has 6 nitrogen and oxygen atoms in total. The summed E-state index contributed by atoms with van der Waals surface area (Å²) in [6.45, 7) is 2.45. The first-order valence-electron chi connectivity index (χ1n) is 9.56. The maximum Gasteiger partial charge on any atom is 0.269 e. The van der Waals surface area contributed by atoms with Crippen LogP contribution < -0.4 is 5.32 Å². The van der Waals surface area contributed by atoms with Crippen LogP contribution in [0.2, 0.25) is 0 Å². The first-order valence-corrected chi connectivity index (χ1v) is 10.4. The third-order valence-electron chi connectivity index (χ3n) is 4.72. The normalized spacial score (nSPS) is 11.8. The van der Waals surface area contributed by atoms with E-state index in [4.69, 9.17) is 0 Å². The fourth-order valence-electron chi connectivity index (χ4n) is 3.03. The number of carbonyl (C=O) groups is 1. The van der Waals surface area contributed by atoms with Crippen molar-refractivity contribution in [3.05, 3.63) is 91.9 Å². The number of benzene rings is 2.